The molecule has 78 valence electrons. The summed E-state index contributed by atoms with van der Waals surface area (Å²) in [4.78, 5) is 10.7. The van der Waals surface area contributed by atoms with E-state index >= 15 is 0 Å². The van der Waals surface area contributed by atoms with Gasteiger partial charge in [0.1, 0.15) is 6.04 Å². The third kappa shape index (κ3) is 4.21. The van der Waals surface area contributed by atoms with Crippen molar-refractivity contribution in [2.24, 2.45) is 5.92 Å². The highest BCUT2D eigenvalue weighted by atomic mass is 16.6. The molecule has 0 aromatic heterocycles. The Bertz CT molecular complexity index is 162. The predicted molar refractivity (Wildman–Crippen MR) is 47.0 cm³/mol. The van der Waals surface area contributed by atoms with Crippen LogP contribution >= 0.6 is 0 Å². The van der Waals surface area contributed by atoms with Gasteiger partial charge in [-0.2, -0.15) is 0 Å². The second-order valence-corrected chi connectivity index (χ2v) is 2.96. The molecule has 13 heavy (non-hydrogen) atoms. The van der Waals surface area contributed by atoms with Crippen LogP contribution in [0.2, 0.25) is 0 Å². The second kappa shape index (κ2) is 5.90. The monoisotopic (exact) mass is 191 g/mol. The molecule has 3 atom stereocenters. The van der Waals surface area contributed by atoms with Gasteiger partial charge < -0.3 is 14.9 Å². The van der Waals surface area contributed by atoms with Crippen molar-refractivity contribution < 1.29 is 19.7 Å². The molecule has 3 N–H and O–H groups in total. The van der Waals surface area contributed by atoms with E-state index in [-0.39, 0.29) is 5.92 Å². The van der Waals surface area contributed by atoms with Crippen LogP contribution in [0.4, 0.5) is 0 Å². The number of hydrogen-bond acceptors (Lipinski definition) is 4. The summed E-state index contributed by atoms with van der Waals surface area (Å²) in [6.45, 7) is 3.69. The van der Waals surface area contributed by atoms with E-state index in [9.17, 15) is 4.79 Å². The Hall–Kier alpha value is -0.650. The summed E-state index contributed by atoms with van der Waals surface area (Å²) >= 11 is 0. The zero-order valence-corrected chi connectivity index (χ0v) is 8.15. The smallest absolute Gasteiger partial charge is 0.321 e. The number of carboxylic acids is 1. The Kier molecular flexibility index (Phi) is 5.61. The van der Waals surface area contributed by atoms with Crippen molar-refractivity contribution in [1.82, 2.24) is 5.32 Å². The number of nitrogens with one attached hydrogen (secondary N) is 1. The fraction of sp³-hybridized carbons (Fsp3) is 0.875. The number of carboxylic acid groups (broad SMARTS) is 1. The lowest BCUT2D eigenvalue weighted by Crippen LogP contribution is -2.47. The summed E-state index contributed by atoms with van der Waals surface area (Å²) < 4.78 is 4.51. The molecule has 0 amide bonds. The molecule has 1 unspecified atom stereocenters. The Balaban J connectivity index is 4.17. The Morgan fingerprint density at radius 1 is 1.62 bits per heavy atom. The van der Waals surface area contributed by atoms with Gasteiger partial charge in [0, 0.05) is 7.11 Å². The molecule has 5 nitrogen and oxygen atoms in total. The molecular formula is C8H17NO4. The van der Waals surface area contributed by atoms with Crippen molar-refractivity contribution in [1.29, 1.82) is 0 Å². The number of aliphatic hydroxyl groups excluding tert-OH is 1. The molecule has 0 saturated carbocycles. The van der Waals surface area contributed by atoms with Crippen LogP contribution in [0.5, 0.6) is 0 Å². The lowest BCUT2D eigenvalue weighted by Gasteiger charge is -2.22. The molecule has 0 aromatic carbocycles. The molecule has 0 heterocycles. The topological polar surface area (TPSA) is 78.8 Å². The van der Waals surface area contributed by atoms with Crippen molar-refractivity contribution in [3.8, 4) is 0 Å². The number of ether oxygens (including phenoxy) is 1. The maximum Gasteiger partial charge on any atom is 0.321 e. The van der Waals surface area contributed by atoms with Gasteiger partial charge in [0.2, 0.25) is 6.41 Å². The summed E-state index contributed by atoms with van der Waals surface area (Å²) in [7, 11) is 1.30. The molecule has 0 aromatic rings. The third-order valence-electron chi connectivity index (χ3n) is 2.02. The van der Waals surface area contributed by atoms with Crippen LogP contribution in [0, 0.1) is 5.92 Å². The third-order valence-corrected chi connectivity index (χ3v) is 2.02. The fourth-order valence-corrected chi connectivity index (χ4v) is 0.936. The van der Waals surface area contributed by atoms with Crippen LogP contribution in [-0.4, -0.2) is 35.7 Å². The maximum absolute atomic E-state index is 10.7. The van der Waals surface area contributed by atoms with Gasteiger partial charge >= 0.3 is 5.97 Å². The first-order chi connectivity index (χ1) is 6.02. The number of aliphatic hydroxyl groups is 1. The Morgan fingerprint density at radius 2 is 2.15 bits per heavy atom. The summed E-state index contributed by atoms with van der Waals surface area (Å²) in [5.41, 5.74) is 0. The average Bonchev–Trinajstić information content (AvgIpc) is 2.11. The first-order valence-corrected chi connectivity index (χ1v) is 4.22. The van der Waals surface area contributed by atoms with Crippen molar-refractivity contribution in [3.63, 3.8) is 0 Å². The normalized spacial score (nSPS) is 17.8. The van der Waals surface area contributed by atoms with Crippen LogP contribution in [0.3, 0.4) is 0 Å². The number of rotatable bonds is 6. The Morgan fingerprint density at radius 3 is 2.46 bits per heavy atom. The standard InChI is InChI=1S/C8H17NO4/c1-4-5(2)6(7(10)11)9-8(12)13-3/h5-6,8-9,12H,4H2,1-3H3,(H,10,11)/t5-,6-,8?/m0/s1. The first-order valence-electron chi connectivity index (χ1n) is 4.22. The highest BCUT2D eigenvalue weighted by Gasteiger charge is 2.25. The number of aliphatic carboxylic acids is 1. The van der Waals surface area contributed by atoms with E-state index in [0.29, 0.717) is 0 Å². The van der Waals surface area contributed by atoms with E-state index < -0.39 is 18.4 Å². The van der Waals surface area contributed by atoms with E-state index in [2.05, 4.69) is 10.1 Å². The number of carbonyl (C=O) groups is 1. The van der Waals surface area contributed by atoms with Gasteiger partial charge in [-0.1, -0.05) is 20.3 Å². The molecule has 0 aliphatic carbocycles. The summed E-state index contributed by atoms with van der Waals surface area (Å²) in [5, 5.41) is 20.3. The molecule has 0 spiro atoms. The molecule has 0 rings (SSSR count). The van der Waals surface area contributed by atoms with Gasteiger partial charge in [-0.25, -0.2) is 0 Å². The highest BCUT2D eigenvalue weighted by Crippen LogP contribution is 2.08. The molecule has 0 fully saturated rings. The number of methoxy groups -OCH3 is 1. The molecule has 0 aliphatic heterocycles. The minimum absolute atomic E-state index is 0.0534. The SMILES string of the molecule is CC[C@H](C)[C@H](NC(O)OC)C(=O)O. The predicted octanol–water partition coefficient (Wildman–Crippen LogP) is -0.00240. The maximum atomic E-state index is 10.7. The van der Waals surface area contributed by atoms with Crippen molar-refractivity contribution in [2.45, 2.75) is 32.7 Å². The molecular weight excluding hydrogens is 174 g/mol. The zero-order chi connectivity index (χ0) is 10.4. The fourth-order valence-electron chi connectivity index (χ4n) is 0.936. The van der Waals surface area contributed by atoms with Gasteiger partial charge in [0.15, 0.2) is 0 Å². The van der Waals surface area contributed by atoms with E-state index in [4.69, 9.17) is 10.2 Å². The summed E-state index contributed by atoms with van der Waals surface area (Å²) in [5.74, 6) is -1.03. The largest absolute Gasteiger partial charge is 0.480 e. The lowest BCUT2D eigenvalue weighted by molar-refractivity contribution is -0.149. The van der Waals surface area contributed by atoms with Crippen LogP contribution in [0.15, 0.2) is 0 Å². The molecule has 0 bridgehead atoms. The highest BCUT2D eigenvalue weighted by molar-refractivity contribution is 5.73. The van der Waals surface area contributed by atoms with E-state index in [1.54, 1.807) is 6.92 Å². The first kappa shape index (κ1) is 12.3. The minimum Gasteiger partial charge on any atom is -0.480 e. The molecule has 0 aliphatic rings. The average molecular weight is 191 g/mol. The van der Waals surface area contributed by atoms with Crippen molar-refractivity contribution in [2.75, 3.05) is 7.11 Å². The van der Waals surface area contributed by atoms with Crippen molar-refractivity contribution in [3.05, 3.63) is 0 Å². The molecule has 5 heteroatoms. The van der Waals surface area contributed by atoms with Crippen LogP contribution in [0.25, 0.3) is 0 Å². The molecule has 0 saturated heterocycles. The summed E-state index contributed by atoms with van der Waals surface area (Å²) in [6, 6.07) is -0.778. The van der Waals surface area contributed by atoms with Crippen LogP contribution < -0.4 is 5.32 Å². The molecule has 0 radical (unpaired) electrons. The number of hydrogen-bond donors (Lipinski definition) is 3. The van der Waals surface area contributed by atoms with Gasteiger partial charge in [0.05, 0.1) is 0 Å². The van der Waals surface area contributed by atoms with Gasteiger partial charge in [-0.05, 0) is 5.92 Å². The quantitative estimate of drug-likeness (QED) is 0.515. The summed E-state index contributed by atoms with van der Waals surface area (Å²) in [6.07, 6.45) is -0.504. The van der Waals surface area contributed by atoms with Crippen LogP contribution in [-0.2, 0) is 9.53 Å². The van der Waals surface area contributed by atoms with Gasteiger partial charge in [0.25, 0.3) is 0 Å². The van der Waals surface area contributed by atoms with Gasteiger partial charge in [-0.15, -0.1) is 0 Å². The lowest BCUT2D eigenvalue weighted by atomic mass is 10.00. The minimum atomic E-state index is -1.23. The van der Waals surface area contributed by atoms with E-state index in [0.717, 1.165) is 6.42 Å². The second-order valence-electron chi connectivity index (χ2n) is 2.96. The van der Waals surface area contributed by atoms with Gasteiger partial charge in [-0.3, -0.25) is 10.1 Å². The zero-order valence-electron chi connectivity index (χ0n) is 8.15. The van der Waals surface area contributed by atoms with Crippen molar-refractivity contribution >= 4 is 5.97 Å². The Labute approximate surface area is 77.7 Å². The van der Waals surface area contributed by atoms with E-state index in [1.807, 2.05) is 6.92 Å². The van der Waals surface area contributed by atoms with Crippen LogP contribution in [0.1, 0.15) is 20.3 Å². The van der Waals surface area contributed by atoms with E-state index in [1.165, 1.54) is 7.11 Å².